The molecule has 2 aromatic rings. The summed E-state index contributed by atoms with van der Waals surface area (Å²) in [6.07, 6.45) is 0.793. The molecule has 1 N–H and O–H groups in total. The second-order valence-electron chi connectivity index (χ2n) is 5.74. The lowest BCUT2D eigenvalue weighted by Gasteiger charge is -2.09. The van der Waals surface area contributed by atoms with E-state index >= 15 is 0 Å². The number of anilines is 1. The third-order valence-corrected chi connectivity index (χ3v) is 4.21. The molecule has 0 saturated carbocycles. The number of nitrogens with one attached hydrogen (secondary N) is 1. The maximum absolute atomic E-state index is 12.1. The number of rotatable bonds is 8. The van der Waals surface area contributed by atoms with Crippen molar-refractivity contribution in [1.82, 2.24) is 0 Å². The van der Waals surface area contributed by atoms with Gasteiger partial charge >= 0.3 is 5.97 Å². The molecule has 0 atom stereocenters. The summed E-state index contributed by atoms with van der Waals surface area (Å²) in [7, 11) is 2.83. The van der Waals surface area contributed by atoms with Crippen LogP contribution in [0.3, 0.4) is 0 Å². The van der Waals surface area contributed by atoms with Gasteiger partial charge in [0.25, 0.3) is 0 Å². The second-order valence-corrected chi connectivity index (χ2v) is 6.15. The SMILES string of the molecule is COC(=O)c1ccc(Cl)c(NC(=O)CCCC(=O)c2ccc(OC)cc2)c1. The van der Waals surface area contributed by atoms with Gasteiger partial charge in [0.2, 0.25) is 5.91 Å². The van der Waals surface area contributed by atoms with Gasteiger partial charge in [0.15, 0.2) is 5.78 Å². The lowest BCUT2D eigenvalue weighted by atomic mass is 10.1. The molecule has 0 unspecified atom stereocenters. The van der Waals surface area contributed by atoms with Crippen LogP contribution in [-0.4, -0.2) is 31.9 Å². The number of carbonyl (C=O) groups is 3. The Bertz CT molecular complexity index is 833. The summed E-state index contributed by atoms with van der Waals surface area (Å²) in [6.45, 7) is 0. The van der Waals surface area contributed by atoms with Crippen molar-refractivity contribution in [1.29, 1.82) is 0 Å². The predicted molar refractivity (Wildman–Crippen MR) is 103 cm³/mol. The van der Waals surface area contributed by atoms with Gasteiger partial charge in [-0.05, 0) is 48.9 Å². The van der Waals surface area contributed by atoms with Crippen molar-refractivity contribution < 1.29 is 23.9 Å². The maximum Gasteiger partial charge on any atom is 0.337 e. The molecule has 2 rings (SSSR count). The molecule has 27 heavy (non-hydrogen) atoms. The van der Waals surface area contributed by atoms with E-state index in [-0.39, 0.29) is 30.1 Å². The smallest absolute Gasteiger partial charge is 0.337 e. The average molecular weight is 390 g/mol. The summed E-state index contributed by atoms with van der Waals surface area (Å²) >= 11 is 6.05. The first-order valence-corrected chi connectivity index (χ1v) is 8.67. The first-order chi connectivity index (χ1) is 12.9. The van der Waals surface area contributed by atoms with Crippen LogP contribution in [0.4, 0.5) is 5.69 Å². The van der Waals surface area contributed by atoms with Gasteiger partial charge in [0.05, 0.1) is 30.5 Å². The predicted octanol–water partition coefficient (Wildman–Crippen LogP) is 4.13. The number of esters is 1. The van der Waals surface area contributed by atoms with Crippen LogP contribution in [0.25, 0.3) is 0 Å². The molecule has 0 aliphatic rings. The fourth-order valence-corrected chi connectivity index (χ4v) is 2.57. The van der Waals surface area contributed by atoms with Crippen molar-refractivity contribution >= 4 is 34.9 Å². The van der Waals surface area contributed by atoms with Crippen LogP contribution >= 0.6 is 11.6 Å². The Morgan fingerprint density at radius 3 is 2.26 bits per heavy atom. The average Bonchev–Trinajstić information content (AvgIpc) is 2.69. The fourth-order valence-electron chi connectivity index (χ4n) is 2.41. The zero-order valence-electron chi connectivity index (χ0n) is 15.1. The highest BCUT2D eigenvalue weighted by Crippen LogP contribution is 2.24. The number of carbonyl (C=O) groups excluding carboxylic acids is 3. The molecule has 6 nitrogen and oxygen atoms in total. The van der Waals surface area contributed by atoms with E-state index in [0.29, 0.717) is 28.4 Å². The number of Topliss-reactive ketones (excluding diaryl/α,β-unsaturated/α-hetero) is 1. The molecule has 0 bridgehead atoms. The highest BCUT2D eigenvalue weighted by atomic mass is 35.5. The Morgan fingerprint density at radius 1 is 0.963 bits per heavy atom. The van der Waals surface area contributed by atoms with E-state index < -0.39 is 5.97 Å². The van der Waals surface area contributed by atoms with E-state index in [0.717, 1.165) is 0 Å². The summed E-state index contributed by atoms with van der Waals surface area (Å²) in [6, 6.07) is 11.3. The Balaban J connectivity index is 1.87. The number of ether oxygens (including phenoxy) is 2. The van der Waals surface area contributed by atoms with Crippen LogP contribution in [-0.2, 0) is 9.53 Å². The van der Waals surface area contributed by atoms with Crippen LogP contribution < -0.4 is 10.1 Å². The lowest BCUT2D eigenvalue weighted by Crippen LogP contribution is -2.13. The van der Waals surface area contributed by atoms with Crippen molar-refractivity contribution in [3.8, 4) is 5.75 Å². The van der Waals surface area contributed by atoms with Gasteiger partial charge in [0, 0.05) is 18.4 Å². The van der Waals surface area contributed by atoms with Crippen molar-refractivity contribution in [2.24, 2.45) is 0 Å². The standard InChI is InChI=1S/C20H20ClNO5/c1-26-15-9-6-13(7-10-15)18(23)4-3-5-19(24)22-17-12-14(20(25)27-2)8-11-16(17)21/h6-12H,3-5H2,1-2H3,(H,22,24). The molecule has 7 heteroatoms. The number of ketones is 1. The summed E-state index contributed by atoms with van der Waals surface area (Å²) in [5.74, 6) is -0.179. The van der Waals surface area contributed by atoms with E-state index in [1.165, 1.54) is 25.3 Å². The molecule has 0 aromatic heterocycles. The molecular weight excluding hydrogens is 370 g/mol. The minimum atomic E-state index is -0.521. The normalized spacial score (nSPS) is 10.2. The molecule has 1 amide bonds. The summed E-state index contributed by atoms with van der Waals surface area (Å²) < 4.78 is 9.70. The molecule has 0 fully saturated rings. The quantitative estimate of drug-likeness (QED) is 0.542. The third kappa shape index (κ3) is 5.82. The molecule has 142 valence electrons. The summed E-state index contributed by atoms with van der Waals surface area (Å²) in [5, 5.41) is 2.96. The van der Waals surface area contributed by atoms with E-state index in [1.54, 1.807) is 31.4 Å². The van der Waals surface area contributed by atoms with Gasteiger partial charge in [-0.2, -0.15) is 0 Å². The molecule has 0 radical (unpaired) electrons. The van der Waals surface area contributed by atoms with Crippen molar-refractivity contribution in [3.63, 3.8) is 0 Å². The molecular formula is C20H20ClNO5. The topological polar surface area (TPSA) is 81.7 Å². The van der Waals surface area contributed by atoms with Gasteiger partial charge in [-0.15, -0.1) is 0 Å². The van der Waals surface area contributed by atoms with Gasteiger partial charge < -0.3 is 14.8 Å². The summed E-state index contributed by atoms with van der Waals surface area (Å²) in [5.41, 5.74) is 1.18. The number of hydrogen-bond acceptors (Lipinski definition) is 5. The highest BCUT2D eigenvalue weighted by Gasteiger charge is 2.12. The van der Waals surface area contributed by atoms with Gasteiger partial charge in [-0.1, -0.05) is 11.6 Å². The second kappa shape index (κ2) is 9.73. The molecule has 0 spiro atoms. The van der Waals surface area contributed by atoms with E-state index in [2.05, 4.69) is 10.1 Å². The Kier molecular flexibility index (Phi) is 7.37. The Labute approximate surface area is 162 Å². The van der Waals surface area contributed by atoms with Crippen LogP contribution in [0.5, 0.6) is 5.75 Å². The Morgan fingerprint density at radius 2 is 1.63 bits per heavy atom. The van der Waals surface area contributed by atoms with Crippen LogP contribution in [0.15, 0.2) is 42.5 Å². The van der Waals surface area contributed by atoms with E-state index in [1.807, 2.05) is 0 Å². The molecule has 0 aliphatic carbocycles. The minimum Gasteiger partial charge on any atom is -0.497 e. The zero-order chi connectivity index (χ0) is 19.8. The maximum atomic E-state index is 12.1. The number of halogens is 1. The fraction of sp³-hybridized carbons (Fsp3) is 0.250. The lowest BCUT2D eigenvalue weighted by molar-refractivity contribution is -0.116. The van der Waals surface area contributed by atoms with Crippen LogP contribution in [0.2, 0.25) is 5.02 Å². The molecule has 0 heterocycles. The Hall–Kier alpha value is -2.86. The number of hydrogen-bond donors (Lipinski definition) is 1. The van der Waals surface area contributed by atoms with Crippen molar-refractivity contribution in [2.45, 2.75) is 19.3 Å². The van der Waals surface area contributed by atoms with Gasteiger partial charge in [0.1, 0.15) is 5.75 Å². The van der Waals surface area contributed by atoms with Gasteiger partial charge in [-0.3, -0.25) is 9.59 Å². The summed E-state index contributed by atoms with van der Waals surface area (Å²) in [4.78, 5) is 35.8. The molecule has 2 aromatic carbocycles. The van der Waals surface area contributed by atoms with E-state index in [4.69, 9.17) is 16.3 Å². The minimum absolute atomic E-state index is 0.0452. The number of methoxy groups -OCH3 is 2. The molecule has 0 saturated heterocycles. The first kappa shape index (κ1) is 20.5. The molecule has 0 aliphatic heterocycles. The van der Waals surface area contributed by atoms with Gasteiger partial charge in [-0.25, -0.2) is 4.79 Å². The highest BCUT2D eigenvalue weighted by molar-refractivity contribution is 6.33. The van der Waals surface area contributed by atoms with Crippen LogP contribution in [0, 0.1) is 0 Å². The first-order valence-electron chi connectivity index (χ1n) is 8.29. The number of benzene rings is 2. The van der Waals surface area contributed by atoms with Crippen molar-refractivity contribution in [2.75, 3.05) is 19.5 Å². The third-order valence-electron chi connectivity index (χ3n) is 3.88. The van der Waals surface area contributed by atoms with Crippen molar-refractivity contribution in [3.05, 3.63) is 58.6 Å². The van der Waals surface area contributed by atoms with Crippen LogP contribution in [0.1, 0.15) is 40.0 Å². The largest absolute Gasteiger partial charge is 0.497 e. The number of amides is 1. The zero-order valence-corrected chi connectivity index (χ0v) is 15.8. The monoisotopic (exact) mass is 389 g/mol. The van der Waals surface area contributed by atoms with E-state index in [9.17, 15) is 14.4 Å².